The number of hydrogen-bond donors (Lipinski definition) is 0. The van der Waals surface area contributed by atoms with E-state index in [-0.39, 0.29) is 0 Å². The van der Waals surface area contributed by atoms with Gasteiger partial charge in [-0.15, -0.1) is 0 Å². The zero-order valence-electron chi connectivity index (χ0n) is 8.39. The zero-order valence-corrected chi connectivity index (χ0v) is 8.39. The molecule has 1 aromatic heterocycles. The fraction of sp³-hybridized carbons (Fsp3) is 0.556. The van der Waals surface area contributed by atoms with Gasteiger partial charge in [0, 0.05) is 0 Å². The quantitative estimate of drug-likeness (QED) is 0.705. The molecule has 0 aliphatic heterocycles. The average molecular weight is 206 g/mol. The molecule has 14 heavy (non-hydrogen) atoms. The number of aromatic nitrogens is 2. The Morgan fingerprint density at radius 2 is 1.86 bits per heavy atom. The zero-order chi connectivity index (χ0) is 11.2. The van der Waals surface area contributed by atoms with E-state index in [1.54, 1.807) is 6.92 Å². The summed E-state index contributed by atoms with van der Waals surface area (Å²) in [6, 6.07) is 1.01. The molecule has 1 rings (SSSR count). The van der Waals surface area contributed by atoms with E-state index in [2.05, 4.69) is 10.2 Å². The van der Waals surface area contributed by atoms with E-state index < -0.39 is 11.7 Å². The summed E-state index contributed by atoms with van der Waals surface area (Å²) >= 11 is 0. The second-order valence-corrected chi connectivity index (χ2v) is 2.29. The lowest BCUT2D eigenvalue weighted by atomic mass is 10.2. The van der Waals surface area contributed by atoms with Crippen LogP contribution in [0.5, 0.6) is 0 Å². The molecule has 0 spiro atoms. The van der Waals surface area contributed by atoms with Gasteiger partial charge in [-0.3, -0.25) is 0 Å². The Bertz CT molecular complexity index is 271. The molecule has 0 bridgehead atoms. The van der Waals surface area contributed by atoms with Crippen LogP contribution in [0.1, 0.15) is 32.0 Å². The first-order valence-corrected chi connectivity index (χ1v) is 4.43. The highest BCUT2D eigenvalue weighted by molar-refractivity contribution is 5.15. The van der Waals surface area contributed by atoms with Gasteiger partial charge in [0.2, 0.25) is 0 Å². The summed E-state index contributed by atoms with van der Waals surface area (Å²) in [4.78, 5) is 0. The summed E-state index contributed by atoms with van der Waals surface area (Å²) in [5, 5.41) is 6.77. The molecule has 0 unspecified atom stereocenters. The lowest BCUT2D eigenvalue weighted by Crippen LogP contribution is -2.07. The standard InChI is InChI=1S/C7H7F3N2.C2H6/c1-2-6-3-5(4-11-12-6)7(8,9)10;1-2/h3-4H,2H2,1H3;1-2H3. The van der Waals surface area contributed by atoms with Crippen LogP contribution < -0.4 is 0 Å². The van der Waals surface area contributed by atoms with E-state index in [0.29, 0.717) is 12.1 Å². The highest BCUT2D eigenvalue weighted by atomic mass is 19.4. The molecular weight excluding hydrogens is 193 g/mol. The predicted octanol–water partition coefficient (Wildman–Crippen LogP) is 3.08. The molecule has 0 aliphatic rings. The van der Waals surface area contributed by atoms with Gasteiger partial charge >= 0.3 is 6.18 Å². The molecule has 2 nitrogen and oxygen atoms in total. The molecule has 1 heterocycles. The van der Waals surface area contributed by atoms with Gasteiger partial charge in [0.15, 0.2) is 0 Å². The van der Waals surface area contributed by atoms with Gasteiger partial charge in [0.1, 0.15) is 0 Å². The molecule has 5 heteroatoms. The Balaban J connectivity index is 0.000000791. The van der Waals surface area contributed by atoms with Crippen LogP contribution >= 0.6 is 0 Å². The molecule has 0 aromatic carbocycles. The monoisotopic (exact) mass is 206 g/mol. The molecule has 0 amide bonds. The van der Waals surface area contributed by atoms with Crippen LogP contribution in [0.25, 0.3) is 0 Å². The molecule has 1 aromatic rings. The minimum absolute atomic E-state index is 0.352. The molecule has 0 saturated carbocycles. The molecular formula is C9H13F3N2. The molecule has 0 atom stereocenters. The largest absolute Gasteiger partial charge is 0.418 e. The normalized spacial score (nSPS) is 10.4. The fourth-order valence-electron chi connectivity index (χ4n) is 0.739. The first kappa shape index (κ1) is 12.9. The van der Waals surface area contributed by atoms with Crippen molar-refractivity contribution >= 4 is 0 Å². The molecule has 0 saturated heterocycles. The summed E-state index contributed by atoms with van der Waals surface area (Å²) in [5.74, 6) is 0. The lowest BCUT2D eigenvalue weighted by Gasteiger charge is -2.05. The predicted molar refractivity (Wildman–Crippen MR) is 47.8 cm³/mol. The van der Waals surface area contributed by atoms with Crippen molar-refractivity contribution in [3.05, 3.63) is 23.5 Å². The first-order valence-electron chi connectivity index (χ1n) is 4.43. The van der Waals surface area contributed by atoms with E-state index in [9.17, 15) is 13.2 Å². The highest BCUT2D eigenvalue weighted by Crippen LogP contribution is 2.28. The molecule has 0 aliphatic carbocycles. The van der Waals surface area contributed by atoms with Crippen molar-refractivity contribution in [2.75, 3.05) is 0 Å². The van der Waals surface area contributed by atoms with Crippen LogP contribution in [0, 0.1) is 0 Å². The summed E-state index contributed by atoms with van der Waals surface area (Å²) in [7, 11) is 0. The Kier molecular flexibility index (Phi) is 5.12. The maximum Gasteiger partial charge on any atom is 0.418 e. The van der Waals surface area contributed by atoms with Crippen LogP contribution in [-0.4, -0.2) is 10.2 Å². The van der Waals surface area contributed by atoms with Gasteiger partial charge in [-0.2, -0.15) is 23.4 Å². The van der Waals surface area contributed by atoms with Crippen molar-refractivity contribution in [2.45, 2.75) is 33.4 Å². The molecule has 0 radical (unpaired) electrons. The van der Waals surface area contributed by atoms with Crippen molar-refractivity contribution < 1.29 is 13.2 Å². The topological polar surface area (TPSA) is 25.8 Å². The van der Waals surface area contributed by atoms with E-state index >= 15 is 0 Å². The smallest absolute Gasteiger partial charge is 0.166 e. The summed E-state index contributed by atoms with van der Waals surface area (Å²) in [5.41, 5.74) is -0.390. The third-order valence-corrected chi connectivity index (χ3v) is 1.39. The van der Waals surface area contributed by atoms with Gasteiger partial charge < -0.3 is 0 Å². The van der Waals surface area contributed by atoms with E-state index in [1.165, 1.54) is 0 Å². The van der Waals surface area contributed by atoms with E-state index in [0.717, 1.165) is 12.3 Å². The van der Waals surface area contributed by atoms with E-state index in [4.69, 9.17) is 0 Å². The minimum atomic E-state index is -4.32. The van der Waals surface area contributed by atoms with Crippen molar-refractivity contribution in [3.63, 3.8) is 0 Å². The Hall–Kier alpha value is -1.13. The van der Waals surface area contributed by atoms with Gasteiger partial charge in [-0.1, -0.05) is 20.8 Å². The van der Waals surface area contributed by atoms with Gasteiger partial charge in [-0.05, 0) is 12.5 Å². The van der Waals surface area contributed by atoms with Crippen LogP contribution in [-0.2, 0) is 12.6 Å². The SMILES string of the molecule is CC.CCc1cc(C(F)(F)F)cnn1. The van der Waals surface area contributed by atoms with Crippen LogP contribution in [0.2, 0.25) is 0 Å². The summed E-state index contributed by atoms with van der Waals surface area (Å²) in [6.07, 6.45) is -3.14. The van der Waals surface area contributed by atoms with E-state index in [1.807, 2.05) is 13.8 Å². The van der Waals surface area contributed by atoms with Crippen molar-refractivity contribution in [1.29, 1.82) is 0 Å². The Labute approximate surface area is 81.2 Å². The van der Waals surface area contributed by atoms with Gasteiger partial charge in [-0.25, -0.2) is 0 Å². The van der Waals surface area contributed by atoms with Crippen LogP contribution in [0.15, 0.2) is 12.3 Å². The third-order valence-electron chi connectivity index (χ3n) is 1.39. The second-order valence-electron chi connectivity index (χ2n) is 2.29. The number of halogens is 3. The fourth-order valence-corrected chi connectivity index (χ4v) is 0.739. The number of alkyl halides is 3. The van der Waals surface area contributed by atoms with Crippen molar-refractivity contribution in [2.24, 2.45) is 0 Å². The maximum absolute atomic E-state index is 12.0. The van der Waals surface area contributed by atoms with Crippen molar-refractivity contribution in [1.82, 2.24) is 10.2 Å². The number of aryl methyl sites for hydroxylation is 1. The van der Waals surface area contributed by atoms with Gasteiger partial charge in [0.25, 0.3) is 0 Å². The summed E-state index contributed by atoms with van der Waals surface area (Å²) < 4.78 is 36.1. The first-order chi connectivity index (χ1) is 6.54. The maximum atomic E-state index is 12.0. The number of hydrogen-bond acceptors (Lipinski definition) is 2. The molecule has 80 valence electrons. The highest BCUT2D eigenvalue weighted by Gasteiger charge is 2.31. The Morgan fingerprint density at radius 1 is 1.29 bits per heavy atom. The minimum Gasteiger partial charge on any atom is -0.166 e. The van der Waals surface area contributed by atoms with Gasteiger partial charge in [0.05, 0.1) is 17.5 Å². The average Bonchev–Trinajstić information content (AvgIpc) is 2.20. The molecule has 0 N–H and O–H groups in total. The second kappa shape index (κ2) is 5.57. The van der Waals surface area contributed by atoms with Crippen molar-refractivity contribution in [3.8, 4) is 0 Å². The Morgan fingerprint density at radius 3 is 2.29 bits per heavy atom. The summed E-state index contributed by atoms with van der Waals surface area (Å²) in [6.45, 7) is 5.73. The molecule has 0 fully saturated rings. The lowest BCUT2D eigenvalue weighted by molar-refractivity contribution is -0.138. The third kappa shape index (κ3) is 3.72. The number of rotatable bonds is 1. The van der Waals surface area contributed by atoms with Crippen LogP contribution in [0.3, 0.4) is 0 Å². The van der Waals surface area contributed by atoms with Crippen LogP contribution in [0.4, 0.5) is 13.2 Å². The number of nitrogens with zero attached hydrogens (tertiary/aromatic N) is 2.